The van der Waals surface area contributed by atoms with Crippen LogP contribution < -0.4 is 15.0 Å². The number of ether oxygens (including phenoxy) is 1. The highest BCUT2D eigenvalue weighted by Gasteiger charge is 2.31. The summed E-state index contributed by atoms with van der Waals surface area (Å²) in [4.78, 5) is 24.8. The second-order valence-electron chi connectivity index (χ2n) is 4.32. The molecule has 1 aliphatic rings. The molecule has 1 saturated heterocycles. The van der Waals surface area contributed by atoms with E-state index in [1.165, 1.54) is 6.08 Å². The van der Waals surface area contributed by atoms with Crippen LogP contribution in [0.15, 0.2) is 36.9 Å². The lowest BCUT2D eigenvalue weighted by atomic mass is 10.2. The molecule has 1 aliphatic heterocycles. The first-order chi connectivity index (χ1) is 9.13. The lowest BCUT2D eigenvalue weighted by Crippen LogP contribution is -2.36. The summed E-state index contributed by atoms with van der Waals surface area (Å²) in [5.41, 5.74) is 0.807. The normalized spacial score (nSPS) is 18.3. The van der Waals surface area contributed by atoms with E-state index >= 15 is 0 Å². The molecule has 1 aromatic rings. The minimum Gasteiger partial charge on any atom is -0.497 e. The fraction of sp³-hybridized carbons (Fsp3) is 0.286. The van der Waals surface area contributed by atoms with Gasteiger partial charge in [0.15, 0.2) is 0 Å². The zero-order valence-corrected chi connectivity index (χ0v) is 10.8. The molecule has 1 unspecified atom stereocenters. The van der Waals surface area contributed by atoms with Gasteiger partial charge in [-0.05, 0) is 30.3 Å². The fourth-order valence-electron chi connectivity index (χ4n) is 2.08. The number of hydrogen-bond acceptors (Lipinski definition) is 3. The van der Waals surface area contributed by atoms with Crippen molar-refractivity contribution in [1.29, 1.82) is 0 Å². The molecule has 0 saturated carbocycles. The largest absolute Gasteiger partial charge is 0.497 e. The second kappa shape index (κ2) is 5.56. The van der Waals surface area contributed by atoms with E-state index in [4.69, 9.17) is 4.74 Å². The van der Waals surface area contributed by atoms with E-state index in [-0.39, 0.29) is 17.9 Å². The summed E-state index contributed by atoms with van der Waals surface area (Å²) in [6.07, 6.45) is 1.52. The molecule has 5 nitrogen and oxygen atoms in total. The van der Waals surface area contributed by atoms with Crippen molar-refractivity contribution in [3.8, 4) is 5.75 Å². The first kappa shape index (κ1) is 13.1. The summed E-state index contributed by atoms with van der Waals surface area (Å²) in [5.74, 6) is 0.487. The van der Waals surface area contributed by atoms with E-state index in [9.17, 15) is 9.59 Å². The number of nitrogens with zero attached hydrogens (tertiary/aromatic N) is 1. The highest BCUT2D eigenvalue weighted by molar-refractivity contribution is 5.97. The molecule has 1 atom stereocenters. The summed E-state index contributed by atoms with van der Waals surface area (Å²) < 4.78 is 5.08. The highest BCUT2D eigenvalue weighted by atomic mass is 16.5. The van der Waals surface area contributed by atoms with Crippen LogP contribution in [0.5, 0.6) is 5.75 Å². The number of anilines is 1. The SMILES string of the molecule is C=CC(=O)NC1CC(=O)N(c2ccc(OC)cc2)C1. The summed E-state index contributed by atoms with van der Waals surface area (Å²) in [6.45, 7) is 3.87. The monoisotopic (exact) mass is 260 g/mol. The third-order valence-electron chi connectivity index (χ3n) is 3.04. The topological polar surface area (TPSA) is 58.6 Å². The summed E-state index contributed by atoms with van der Waals surface area (Å²) in [7, 11) is 1.59. The number of hydrogen-bond donors (Lipinski definition) is 1. The maximum Gasteiger partial charge on any atom is 0.243 e. The average Bonchev–Trinajstić information content (AvgIpc) is 2.79. The Bertz CT molecular complexity index is 496. The molecule has 0 aliphatic carbocycles. The quantitative estimate of drug-likeness (QED) is 0.825. The Morgan fingerprint density at radius 2 is 2.16 bits per heavy atom. The van der Waals surface area contributed by atoms with Crippen LogP contribution >= 0.6 is 0 Å². The molecule has 1 fully saturated rings. The van der Waals surface area contributed by atoms with Gasteiger partial charge in [0.1, 0.15) is 5.75 Å². The molecule has 2 rings (SSSR count). The minimum absolute atomic E-state index is 0.000436. The Morgan fingerprint density at radius 1 is 1.47 bits per heavy atom. The second-order valence-corrected chi connectivity index (χ2v) is 4.32. The van der Waals surface area contributed by atoms with Crippen LogP contribution in [0, 0.1) is 0 Å². The van der Waals surface area contributed by atoms with Crippen molar-refractivity contribution in [3.63, 3.8) is 0 Å². The van der Waals surface area contributed by atoms with Crippen LogP contribution in [0.1, 0.15) is 6.42 Å². The molecular weight excluding hydrogens is 244 g/mol. The van der Waals surface area contributed by atoms with E-state index in [2.05, 4.69) is 11.9 Å². The lowest BCUT2D eigenvalue weighted by Gasteiger charge is -2.17. The number of methoxy groups -OCH3 is 1. The van der Waals surface area contributed by atoms with Crippen molar-refractivity contribution < 1.29 is 14.3 Å². The Balaban J connectivity index is 2.06. The van der Waals surface area contributed by atoms with Crippen LogP contribution in [0.2, 0.25) is 0 Å². The van der Waals surface area contributed by atoms with Gasteiger partial charge >= 0.3 is 0 Å². The van der Waals surface area contributed by atoms with Crippen LogP contribution in [-0.4, -0.2) is 31.5 Å². The van der Waals surface area contributed by atoms with Crippen LogP contribution in [-0.2, 0) is 9.59 Å². The van der Waals surface area contributed by atoms with Gasteiger partial charge in [-0.3, -0.25) is 9.59 Å². The van der Waals surface area contributed by atoms with Gasteiger partial charge in [0.2, 0.25) is 11.8 Å². The number of benzene rings is 1. The first-order valence-electron chi connectivity index (χ1n) is 6.01. The standard InChI is InChI=1S/C14H16N2O3/c1-3-13(17)15-10-8-14(18)16(9-10)11-4-6-12(19-2)7-5-11/h3-7,10H,1,8-9H2,2H3,(H,15,17). The summed E-state index contributed by atoms with van der Waals surface area (Å²) in [5, 5.41) is 2.74. The number of carbonyl (C=O) groups excluding carboxylic acids is 2. The van der Waals surface area contributed by atoms with E-state index in [1.54, 1.807) is 24.1 Å². The van der Waals surface area contributed by atoms with Gasteiger partial charge < -0.3 is 15.0 Å². The molecule has 1 aromatic carbocycles. The molecule has 0 spiro atoms. The van der Waals surface area contributed by atoms with Crippen molar-refractivity contribution in [1.82, 2.24) is 5.32 Å². The molecule has 19 heavy (non-hydrogen) atoms. The Labute approximate surface area is 111 Å². The van der Waals surface area contributed by atoms with Crippen LogP contribution in [0.25, 0.3) is 0 Å². The van der Waals surface area contributed by atoms with Crippen LogP contribution in [0.4, 0.5) is 5.69 Å². The lowest BCUT2D eigenvalue weighted by molar-refractivity contribution is -0.117. The van der Waals surface area contributed by atoms with Crippen molar-refractivity contribution in [2.45, 2.75) is 12.5 Å². The smallest absolute Gasteiger partial charge is 0.243 e. The zero-order valence-electron chi connectivity index (χ0n) is 10.8. The molecule has 0 radical (unpaired) electrons. The highest BCUT2D eigenvalue weighted by Crippen LogP contribution is 2.24. The molecule has 1 N–H and O–H groups in total. The van der Waals surface area contributed by atoms with Crippen LogP contribution in [0.3, 0.4) is 0 Å². The predicted octanol–water partition coefficient (Wildman–Crippen LogP) is 1.10. The van der Waals surface area contributed by atoms with Crippen molar-refractivity contribution in [2.75, 3.05) is 18.6 Å². The van der Waals surface area contributed by atoms with Gasteiger partial charge in [-0.1, -0.05) is 6.58 Å². The number of rotatable bonds is 4. The Kier molecular flexibility index (Phi) is 3.85. The third-order valence-corrected chi connectivity index (χ3v) is 3.04. The average molecular weight is 260 g/mol. The molecule has 5 heteroatoms. The van der Waals surface area contributed by atoms with Crippen molar-refractivity contribution in [3.05, 3.63) is 36.9 Å². The van der Waals surface area contributed by atoms with E-state index in [0.29, 0.717) is 13.0 Å². The molecule has 0 aromatic heterocycles. The van der Waals surface area contributed by atoms with E-state index in [1.807, 2.05) is 12.1 Å². The molecule has 0 bridgehead atoms. The van der Waals surface area contributed by atoms with Gasteiger partial charge in [-0.15, -0.1) is 0 Å². The zero-order chi connectivity index (χ0) is 13.8. The first-order valence-corrected chi connectivity index (χ1v) is 6.01. The minimum atomic E-state index is -0.255. The molecule has 100 valence electrons. The van der Waals surface area contributed by atoms with Crippen molar-refractivity contribution >= 4 is 17.5 Å². The summed E-state index contributed by atoms with van der Waals surface area (Å²) in [6, 6.07) is 7.10. The number of nitrogens with one attached hydrogen (secondary N) is 1. The maximum absolute atomic E-state index is 11.9. The van der Waals surface area contributed by atoms with E-state index in [0.717, 1.165) is 11.4 Å². The molecule has 2 amide bonds. The number of carbonyl (C=O) groups is 2. The molecule has 1 heterocycles. The van der Waals surface area contributed by atoms with Gasteiger partial charge in [-0.2, -0.15) is 0 Å². The van der Waals surface area contributed by atoms with E-state index < -0.39 is 0 Å². The Hall–Kier alpha value is -2.30. The van der Waals surface area contributed by atoms with Crippen molar-refractivity contribution in [2.24, 2.45) is 0 Å². The van der Waals surface area contributed by atoms with Gasteiger partial charge in [0.25, 0.3) is 0 Å². The maximum atomic E-state index is 11.9. The number of amides is 2. The predicted molar refractivity (Wildman–Crippen MR) is 72.1 cm³/mol. The Morgan fingerprint density at radius 3 is 2.74 bits per heavy atom. The van der Waals surface area contributed by atoms with Gasteiger partial charge in [-0.25, -0.2) is 0 Å². The van der Waals surface area contributed by atoms with Gasteiger partial charge in [0, 0.05) is 18.7 Å². The summed E-state index contributed by atoms with van der Waals surface area (Å²) >= 11 is 0. The third kappa shape index (κ3) is 2.93. The molecular formula is C14H16N2O3. The van der Waals surface area contributed by atoms with Gasteiger partial charge in [0.05, 0.1) is 13.2 Å². The fourth-order valence-corrected chi connectivity index (χ4v) is 2.08.